The van der Waals surface area contributed by atoms with Crippen molar-refractivity contribution in [2.45, 2.75) is 60.0 Å². The molecule has 0 rings (SSSR count). The second-order valence-electron chi connectivity index (χ2n) is 4.04. The van der Waals surface area contributed by atoms with Crippen LogP contribution >= 0.6 is 0 Å². The van der Waals surface area contributed by atoms with Crippen molar-refractivity contribution in [3.05, 3.63) is 0 Å². The Morgan fingerprint density at radius 3 is 1.67 bits per heavy atom. The Bertz CT molecular complexity index is 229. The van der Waals surface area contributed by atoms with Crippen LogP contribution < -0.4 is 0 Å². The van der Waals surface area contributed by atoms with Crippen molar-refractivity contribution in [2.75, 3.05) is 19.8 Å². The molecule has 0 aromatic heterocycles. The molecule has 0 fully saturated rings. The molecule has 4 nitrogen and oxygen atoms in total. The van der Waals surface area contributed by atoms with Gasteiger partial charge >= 0.3 is 8.80 Å². The summed E-state index contributed by atoms with van der Waals surface area (Å²) in [5.41, 5.74) is 1.13. The monoisotopic (exact) mass is 275 g/mol. The van der Waals surface area contributed by atoms with Crippen LogP contribution in [0, 0.1) is 0 Å². The molecular weight excluding hydrogens is 246 g/mol. The third-order valence-corrected chi connectivity index (χ3v) is 6.15. The molecule has 0 aliphatic carbocycles. The quantitative estimate of drug-likeness (QED) is 0.454. The Balaban J connectivity index is 5.18. The normalized spacial score (nSPS) is 14.9. The van der Waals surface area contributed by atoms with Crippen LogP contribution in [0.4, 0.5) is 0 Å². The van der Waals surface area contributed by atoms with Crippen LogP contribution in [0.1, 0.15) is 54.4 Å². The number of nitrogens with zero attached hydrogens (tertiary/aromatic N) is 1. The molecular formula is C13H29NO3Si. The molecule has 0 amide bonds. The first-order valence-electron chi connectivity index (χ1n) is 7.05. The van der Waals surface area contributed by atoms with E-state index in [2.05, 4.69) is 13.8 Å². The number of hydrogen-bond donors (Lipinski definition) is 0. The summed E-state index contributed by atoms with van der Waals surface area (Å²) in [5.74, 6) is 0. The van der Waals surface area contributed by atoms with Crippen LogP contribution in [0.5, 0.6) is 0 Å². The SMILES string of the molecule is CCO[Si](OCC)(OCC)C(CC)N=C(C)CC. The molecule has 0 aliphatic rings. The van der Waals surface area contributed by atoms with Crippen LogP contribution in [0.25, 0.3) is 0 Å². The van der Waals surface area contributed by atoms with E-state index in [9.17, 15) is 0 Å². The fourth-order valence-corrected chi connectivity index (χ4v) is 4.71. The highest BCUT2D eigenvalue weighted by Crippen LogP contribution is 2.21. The van der Waals surface area contributed by atoms with Crippen molar-refractivity contribution in [3.63, 3.8) is 0 Å². The zero-order valence-electron chi connectivity index (χ0n) is 12.8. The highest BCUT2D eigenvalue weighted by Gasteiger charge is 2.48. The molecule has 5 heteroatoms. The summed E-state index contributed by atoms with van der Waals surface area (Å²) >= 11 is 0. The van der Waals surface area contributed by atoms with E-state index in [0.717, 1.165) is 18.6 Å². The average molecular weight is 275 g/mol. The first-order valence-corrected chi connectivity index (χ1v) is 8.85. The summed E-state index contributed by atoms with van der Waals surface area (Å²) in [6.07, 6.45) is 1.83. The lowest BCUT2D eigenvalue weighted by Crippen LogP contribution is -2.56. The van der Waals surface area contributed by atoms with Gasteiger partial charge in [-0.2, -0.15) is 0 Å². The van der Waals surface area contributed by atoms with Crippen LogP contribution in [-0.2, 0) is 13.3 Å². The van der Waals surface area contributed by atoms with E-state index in [1.54, 1.807) is 0 Å². The number of rotatable bonds is 10. The molecule has 0 N–H and O–H groups in total. The molecule has 0 bridgehead atoms. The van der Waals surface area contributed by atoms with Crippen LogP contribution in [0.2, 0.25) is 0 Å². The van der Waals surface area contributed by atoms with E-state index in [1.807, 2.05) is 27.7 Å². The molecule has 108 valence electrons. The molecule has 0 aromatic carbocycles. The largest absolute Gasteiger partial charge is 0.526 e. The van der Waals surface area contributed by atoms with Gasteiger partial charge in [0.05, 0.1) is 0 Å². The van der Waals surface area contributed by atoms with Gasteiger partial charge < -0.3 is 13.3 Å². The standard InChI is InChI=1S/C13H29NO3Si/c1-7-12(6)14-13(8-2)18(15-9-3,16-10-4)17-11-5/h13H,7-11H2,1-6H3. The Morgan fingerprint density at radius 1 is 0.944 bits per heavy atom. The maximum absolute atomic E-state index is 5.90. The molecule has 1 unspecified atom stereocenters. The van der Waals surface area contributed by atoms with Gasteiger partial charge in [0.15, 0.2) is 0 Å². The molecule has 0 aliphatic heterocycles. The molecule has 0 radical (unpaired) electrons. The smallest absolute Gasteiger partial charge is 0.373 e. The van der Waals surface area contributed by atoms with Gasteiger partial charge in [0, 0.05) is 25.5 Å². The first-order chi connectivity index (χ1) is 8.60. The first kappa shape index (κ1) is 17.8. The fraction of sp³-hybridized carbons (Fsp3) is 0.923. The molecule has 0 saturated heterocycles. The van der Waals surface area contributed by atoms with Gasteiger partial charge in [-0.15, -0.1) is 0 Å². The summed E-state index contributed by atoms with van der Waals surface area (Å²) in [7, 11) is -2.69. The van der Waals surface area contributed by atoms with E-state index in [0.29, 0.717) is 19.8 Å². The summed E-state index contributed by atoms with van der Waals surface area (Å²) < 4.78 is 17.7. The van der Waals surface area contributed by atoms with Crippen molar-refractivity contribution in [1.82, 2.24) is 0 Å². The molecule has 0 aromatic rings. The fourth-order valence-electron chi connectivity index (χ4n) is 1.79. The minimum atomic E-state index is -2.69. The van der Waals surface area contributed by atoms with Gasteiger partial charge in [-0.1, -0.05) is 13.8 Å². The van der Waals surface area contributed by atoms with Gasteiger partial charge in [0.25, 0.3) is 0 Å². The number of hydrogen-bond acceptors (Lipinski definition) is 4. The highest BCUT2D eigenvalue weighted by atomic mass is 28.4. The lowest BCUT2D eigenvalue weighted by atomic mass is 10.3. The van der Waals surface area contributed by atoms with Crippen molar-refractivity contribution in [1.29, 1.82) is 0 Å². The predicted octanol–water partition coefficient (Wildman–Crippen LogP) is 3.22. The molecule has 18 heavy (non-hydrogen) atoms. The van der Waals surface area contributed by atoms with Crippen molar-refractivity contribution in [2.24, 2.45) is 4.99 Å². The average Bonchev–Trinajstić information content (AvgIpc) is 2.36. The number of aliphatic imine (C=N–C) groups is 1. The van der Waals surface area contributed by atoms with E-state index >= 15 is 0 Å². The molecule has 0 heterocycles. The Morgan fingerprint density at radius 2 is 1.39 bits per heavy atom. The van der Waals surface area contributed by atoms with Gasteiger partial charge in [-0.05, 0) is 40.5 Å². The topological polar surface area (TPSA) is 40.0 Å². The second-order valence-corrected chi connectivity index (χ2v) is 6.78. The lowest BCUT2D eigenvalue weighted by Gasteiger charge is -2.33. The third kappa shape index (κ3) is 5.18. The van der Waals surface area contributed by atoms with Crippen LogP contribution in [0.3, 0.4) is 0 Å². The Kier molecular flexibility index (Phi) is 9.54. The maximum atomic E-state index is 5.90. The summed E-state index contributed by atoms with van der Waals surface area (Å²) in [5, 5.41) is 0. The van der Waals surface area contributed by atoms with Crippen LogP contribution in [-0.4, -0.2) is 40.0 Å². The van der Waals surface area contributed by atoms with Crippen molar-refractivity contribution >= 4 is 14.5 Å². The summed E-state index contributed by atoms with van der Waals surface area (Å²) in [4.78, 5) is 4.75. The maximum Gasteiger partial charge on any atom is 0.526 e. The van der Waals surface area contributed by atoms with E-state index < -0.39 is 8.80 Å². The van der Waals surface area contributed by atoms with Gasteiger partial charge in [-0.25, -0.2) is 0 Å². The van der Waals surface area contributed by atoms with E-state index in [4.69, 9.17) is 18.3 Å². The van der Waals surface area contributed by atoms with Gasteiger partial charge in [0.1, 0.15) is 5.67 Å². The zero-order chi connectivity index (χ0) is 14.0. The molecule has 0 saturated carbocycles. The summed E-state index contributed by atoms with van der Waals surface area (Å²) in [6, 6.07) is 0. The third-order valence-electron chi connectivity index (χ3n) is 2.72. The zero-order valence-corrected chi connectivity index (χ0v) is 13.8. The van der Waals surface area contributed by atoms with Crippen molar-refractivity contribution < 1.29 is 13.3 Å². The lowest BCUT2D eigenvalue weighted by molar-refractivity contribution is 0.0621. The molecule has 1 atom stereocenters. The van der Waals surface area contributed by atoms with Gasteiger partial charge in [-0.3, -0.25) is 4.99 Å². The predicted molar refractivity (Wildman–Crippen MR) is 78.1 cm³/mol. The Hall–Kier alpha value is -0.233. The highest BCUT2D eigenvalue weighted by molar-refractivity contribution is 6.62. The second kappa shape index (κ2) is 9.66. The minimum absolute atomic E-state index is 0.0114. The summed E-state index contributed by atoms with van der Waals surface area (Å²) in [6.45, 7) is 14.0. The van der Waals surface area contributed by atoms with E-state index in [-0.39, 0.29) is 5.67 Å². The van der Waals surface area contributed by atoms with Crippen LogP contribution in [0.15, 0.2) is 4.99 Å². The van der Waals surface area contributed by atoms with Gasteiger partial charge in [0.2, 0.25) is 0 Å². The molecule has 0 spiro atoms. The minimum Gasteiger partial charge on any atom is -0.373 e. The van der Waals surface area contributed by atoms with Crippen molar-refractivity contribution in [3.8, 4) is 0 Å². The Labute approximate surface area is 113 Å². The van der Waals surface area contributed by atoms with E-state index in [1.165, 1.54) is 0 Å².